The Kier molecular flexibility index (Phi) is 7.81. The molecular weight excluding hydrogens is 534 g/mol. The standard InChI is InChI=1S/C24H24BFN4O10/c1-2-29-6-7-30(22(35)21(29)34)24(38)28-18(13-9-15(31)16(32)10-14(13)26)20(33)27-17-8-11-4-3-5-12(23(36)37)19(11)40-25(17)39/h3-5,9-10,17-18,31-32,39H,2,6-8H2,1H3,(H,27,33)(H,28,38)(H,36,37)/t17-,18?/m0/s1. The van der Waals surface area contributed by atoms with E-state index in [1.165, 1.54) is 23.1 Å². The van der Waals surface area contributed by atoms with Crippen molar-refractivity contribution in [2.45, 2.75) is 25.3 Å². The van der Waals surface area contributed by atoms with Gasteiger partial charge < -0.3 is 40.5 Å². The zero-order chi connectivity index (χ0) is 29.3. The van der Waals surface area contributed by atoms with Gasteiger partial charge in [-0.2, -0.15) is 0 Å². The van der Waals surface area contributed by atoms with Crippen molar-refractivity contribution in [3.63, 3.8) is 0 Å². The molecule has 210 valence electrons. The molecule has 6 N–H and O–H groups in total. The van der Waals surface area contributed by atoms with Gasteiger partial charge in [-0.25, -0.2) is 14.0 Å². The summed E-state index contributed by atoms with van der Waals surface area (Å²) in [6.07, 6.45) is -0.112. The SMILES string of the molecule is CCN1CCN(C(=O)NC(C(=O)N[C@H]2Cc3cccc(C(=O)O)c3OB2O)c2cc(O)c(O)cc2F)C(=O)C1=O. The fourth-order valence-corrected chi connectivity index (χ4v) is 4.43. The van der Waals surface area contributed by atoms with Crippen molar-refractivity contribution in [2.75, 3.05) is 19.6 Å². The van der Waals surface area contributed by atoms with Crippen LogP contribution in [0.5, 0.6) is 17.2 Å². The molecule has 40 heavy (non-hydrogen) atoms. The summed E-state index contributed by atoms with van der Waals surface area (Å²) in [5.41, 5.74) is -0.482. The van der Waals surface area contributed by atoms with Crippen molar-refractivity contribution < 1.29 is 53.4 Å². The summed E-state index contributed by atoms with van der Waals surface area (Å²) in [6.45, 7) is 1.69. The fraction of sp³-hybridized carbons (Fsp3) is 0.292. The molecule has 2 aliphatic heterocycles. The third-order valence-electron chi connectivity index (χ3n) is 6.55. The van der Waals surface area contributed by atoms with Crippen molar-refractivity contribution in [3.8, 4) is 17.2 Å². The minimum atomic E-state index is -1.93. The highest BCUT2D eigenvalue weighted by Gasteiger charge is 2.41. The summed E-state index contributed by atoms with van der Waals surface area (Å²) in [6, 6.07) is 2.29. The molecule has 16 heteroatoms. The van der Waals surface area contributed by atoms with E-state index >= 15 is 0 Å². The van der Waals surface area contributed by atoms with Crippen LogP contribution in [-0.2, 0) is 20.8 Å². The lowest BCUT2D eigenvalue weighted by Gasteiger charge is -2.33. The Morgan fingerprint density at radius 2 is 1.85 bits per heavy atom. The number of carboxylic acid groups (broad SMARTS) is 1. The summed E-state index contributed by atoms with van der Waals surface area (Å²) >= 11 is 0. The van der Waals surface area contributed by atoms with Gasteiger partial charge in [0.15, 0.2) is 11.5 Å². The average molecular weight is 558 g/mol. The molecule has 2 heterocycles. The highest BCUT2D eigenvalue weighted by atomic mass is 19.1. The van der Waals surface area contributed by atoms with E-state index in [2.05, 4.69) is 10.6 Å². The number of amides is 5. The van der Waals surface area contributed by atoms with Gasteiger partial charge in [-0.15, -0.1) is 0 Å². The predicted octanol–water partition coefficient (Wildman–Crippen LogP) is -0.484. The van der Waals surface area contributed by atoms with Crippen molar-refractivity contribution in [1.82, 2.24) is 20.4 Å². The summed E-state index contributed by atoms with van der Waals surface area (Å²) in [7, 11) is -1.74. The van der Waals surface area contributed by atoms with Crippen LogP contribution < -0.4 is 15.3 Å². The smallest absolute Gasteiger partial charge is 0.534 e. The number of urea groups is 1. The number of piperazine rings is 1. The molecule has 4 rings (SSSR count). The van der Waals surface area contributed by atoms with E-state index in [0.29, 0.717) is 22.6 Å². The number of nitrogens with one attached hydrogen (secondary N) is 2. The number of imide groups is 1. The summed E-state index contributed by atoms with van der Waals surface area (Å²) < 4.78 is 20.2. The Balaban J connectivity index is 1.61. The third-order valence-corrected chi connectivity index (χ3v) is 6.55. The highest BCUT2D eigenvalue weighted by Crippen LogP contribution is 2.32. The molecule has 0 aromatic heterocycles. The number of hydrogen-bond donors (Lipinski definition) is 6. The van der Waals surface area contributed by atoms with Crippen molar-refractivity contribution in [2.24, 2.45) is 0 Å². The van der Waals surface area contributed by atoms with E-state index in [0.717, 1.165) is 0 Å². The molecule has 0 bridgehead atoms. The molecule has 0 aliphatic carbocycles. The van der Waals surface area contributed by atoms with E-state index in [-0.39, 0.29) is 37.4 Å². The largest absolute Gasteiger partial charge is 0.547 e. The number of likely N-dealkylation sites (N-methyl/N-ethyl adjacent to an activating group) is 1. The minimum absolute atomic E-state index is 0.0308. The van der Waals surface area contributed by atoms with Gasteiger partial charge in [-0.1, -0.05) is 12.1 Å². The van der Waals surface area contributed by atoms with Crippen molar-refractivity contribution >= 4 is 36.8 Å². The number of fused-ring (bicyclic) bond motifs is 1. The number of rotatable bonds is 6. The van der Waals surface area contributed by atoms with Crippen LogP contribution in [0.1, 0.15) is 34.5 Å². The zero-order valence-corrected chi connectivity index (χ0v) is 21.0. The second-order valence-electron chi connectivity index (χ2n) is 9.01. The second-order valence-corrected chi connectivity index (χ2v) is 9.01. The van der Waals surface area contributed by atoms with Crippen LogP contribution in [0.2, 0.25) is 0 Å². The number of phenols is 2. The molecule has 2 aliphatic rings. The number of carboxylic acids is 1. The summed E-state index contributed by atoms with van der Waals surface area (Å²) in [5, 5.41) is 44.0. The first-order valence-electron chi connectivity index (χ1n) is 12.1. The second kappa shape index (κ2) is 11.1. The highest BCUT2D eigenvalue weighted by molar-refractivity contribution is 6.47. The molecule has 1 fully saturated rings. The first kappa shape index (κ1) is 28.2. The molecule has 2 aromatic rings. The van der Waals surface area contributed by atoms with Crippen LogP contribution in [0.4, 0.5) is 9.18 Å². The number of carbonyl (C=O) groups is 5. The number of para-hydroxylation sites is 1. The quantitative estimate of drug-likeness (QED) is 0.153. The number of aromatic hydroxyl groups is 2. The maximum Gasteiger partial charge on any atom is 0.547 e. The van der Waals surface area contributed by atoms with Gasteiger partial charge in [-0.05, 0) is 31.0 Å². The van der Waals surface area contributed by atoms with Gasteiger partial charge in [0.1, 0.15) is 17.6 Å². The number of halogens is 1. The fourth-order valence-electron chi connectivity index (χ4n) is 4.43. The predicted molar refractivity (Wildman–Crippen MR) is 133 cm³/mol. The molecule has 2 atom stereocenters. The Hall–Kier alpha value is -4.86. The first-order chi connectivity index (χ1) is 18.9. The summed E-state index contributed by atoms with van der Waals surface area (Å²) in [4.78, 5) is 64.3. The number of carbonyl (C=O) groups excluding carboxylic acids is 4. The first-order valence-corrected chi connectivity index (χ1v) is 12.1. The molecule has 14 nitrogen and oxygen atoms in total. The molecule has 1 saturated heterocycles. The van der Waals surface area contributed by atoms with Gasteiger partial charge in [0.2, 0.25) is 5.91 Å². The normalized spacial score (nSPS) is 17.6. The minimum Gasteiger partial charge on any atom is -0.534 e. The Bertz CT molecular complexity index is 1410. The number of nitrogens with zero attached hydrogens (tertiary/aromatic N) is 2. The van der Waals surface area contributed by atoms with Gasteiger partial charge in [-0.3, -0.25) is 19.3 Å². The number of hydrogen-bond acceptors (Lipinski definition) is 9. The Morgan fingerprint density at radius 3 is 2.52 bits per heavy atom. The monoisotopic (exact) mass is 558 g/mol. The number of phenolic OH excluding ortho intramolecular Hbond substituents is 2. The maximum absolute atomic E-state index is 14.9. The average Bonchev–Trinajstić information content (AvgIpc) is 2.90. The maximum atomic E-state index is 14.9. The van der Waals surface area contributed by atoms with E-state index in [9.17, 15) is 48.7 Å². The van der Waals surface area contributed by atoms with Crippen LogP contribution in [0.3, 0.4) is 0 Å². The van der Waals surface area contributed by atoms with Gasteiger partial charge in [0.25, 0.3) is 0 Å². The van der Waals surface area contributed by atoms with Crippen molar-refractivity contribution in [1.29, 1.82) is 0 Å². The molecule has 1 unspecified atom stereocenters. The van der Waals surface area contributed by atoms with Crippen LogP contribution in [-0.4, -0.2) is 92.6 Å². The van der Waals surface area contributed by atoms with Crippen LogP contribution >= 0.6 is 0 Å². The van der Waals surface area contributed by atoms with Crippen LogP contribution in [0.25, 0.3) is 0 Å². The lowest BCUT2D eigenvalue weighted by molar-refractivity contribution is -0.153. The zero-order valence-electron chi connectivity index (χ0n) is 21.0. The molecule has 0 radical (unpaired) electrons. The molecule has 2 aromatic carbocycles. The third kappa shape index (κ3) is 5.33. The molecule has 0 spiro atoms. The lowest BCUT2D eigenvalue weighted by Crippen LogP contribution is -2.60. The number of benzene rings is 2. The van der Waals surface area contributed by atoms with E-state index in [4.69, 9.17) is 4.65 Å². The Labute approximate surface area is 226 Å². The summed E-state index contributed by atoms with van der Waals surface area (Å²) in [5.74, 6) is -8.69. The van der Waals surface area contributed by atoms with E-state index in [1.807, 2.05) is 0 Å². The van der Waals surface area contributed by atoms with Crippen LogP contribution in [0.15, 0.2) is 30.3 Å². The van der Waals surface area contributed by atoms with E-state index in [1.54, 1.807) is 6.92 Å². The lowest BCUT2D eigenvalue weighted by atomic mass is 9.72. The Morgan fingerprint density at radius 1 is 1.15 bits per heavy atom. The molecular formula is C24H24BFN4O10. The van der Waals surface area contributed by atoms with Gasteiger partial charge in [0.05, 0.1) is 11.5 Å². The molecule has 0 saturated carbocycles. The number of aromatic carboxylic acids is 1. The van der Waals surface area contributed by atoms with E-state index < -0.39 is 71.7 Å². The van der Waals surface area contributed by atoms with Crippen molar-refractivity contribution in [3.05, 3.63) is 52.8 Å². The van der Waals surface area contributed by atoms with Gasteiger partial charge >= 0.3 is 30.9 Å². The van der Waals surface area contributed by atoms with Crippen LogP contribution in [0, 0.1) is 5.82 Å². The molecule has 5 amide bonds. The van der Waals surface area contributed by atoms with Gasteiger partial charge in [0, 0.05) is 31.3 Å². The topological polar surface area (TPSA) is 206 Å².